The van der Waals surface area contributed by atoms with Crippen molar-refractivity contribution >= 4 is 64.9 Å². The maximum absolute atomic E-state index is 14.0. The van der Waals surface area contributed by atoms with Gasteiger partial charge in [0.15, 0.2) is 0 Å². The highest BCUT2D eigenvalue weighted by Gasteiger charge is 2.34. The summed E-state index contributed by atoms with van der Waals surface area (Å²) < 4.78 is 87.1. The van der Waals surface area contributed by atoms with E-state index in [-0.39, 0.29) is 38.9 Å². The van der Waals surface area contributed by atoms with Gasteiger partial charge in [-0.15, -0.1) is 0 Å². The van der Waals surface area contributed by atoms with Crippen molar-refractivity contribution in [2.24, 2.45) is 0 Å². The largest absolute Gasteiger partial charge is 0.489 e. The molecule has 2 aromatic heterocycles. The van der Waals surface area contributed by atoms with Crippen LogP contribution in [-0.2, 0) is 19.4 Å². The molecule has 0 radical (unpaired) electrons. The lowest BCUT2D eigenvalue weighted by atomic mass is 10.2. The van der Waals surface area contributed by atoms with Crippen molar-refractivity contribution in [3.63, 3.8) is 0 Å². The summed E-state index contributed by atoms with van der Waals surface area (Å²) in [6, 6.07) is 14.0. The lowest BCUT2D eigenvalue weighted by molar-refractivity contribution is 0.214. The first-order valence-electron chi connectivity index (χ1n) is 18.6. The molecule has 0 aliphatic carbocycles. The fourth-order valence-corrected chi connectivity index (χ4v) is 6.58. The third-order valence-electron chi connectivity index (χ3n) is 8.55. The van der Waals surface area contributed by atoms with E-state index in [4.69, 9.17) is 20.2 Å². The number of carbonyl (C=O) groups excluding carboxylic acids is 2. The molecule has 5 N–H and O–H groups in total. The zero-order chi connectivity index (χ0) is 44.9. The summed E-state index contributed by atoms with van der Waals surface area (Å²) in [6.07, 6.45) is 4.03. The smallest absolute Gasteiger partial charge is 0.323 e. The number of aryl methyl sites for hydroxylation is 2. The van der Waals surface area contributed by atoms with Gasteiger partial charge in [-0.05, 0) is 69.6 Å². The van der Waals surface area contributed by atoms with Crippen LogP contribution in [0.2, 0.25) is 0 Å². The van der Waals surface area contributed by atoms with Gasteiger partial charge in [0.25, 0.3) is 19.4 Å². The fraction of sp³-hybridized carbons (Fsp3) is 0.400. The Balaban J connectivity index is 0.000000372. The van der Waals surface area contributed by atoms with Gasteiger partial charge in [0, 0.05) is 99.0 Å². The minimum atomic E-state index is -3.52. The zero-order valence-corrected chi connectivity index (χ0v) is 36.7. The summed E-state index contributed by atoms with van der Waals surface area (Å²) in [7, 11) is 3.46. The number of nitrogens with zero attached hydrogens (tertiary/aromatic N) is 5. The van der Waals surface area contributed by atoms with E-state index in [2.05, 4.69) is 36.6 Å². The number of ether oxygens (including phenoxy) is 2. The molecule has 0 unspecified atom stereocenters. The number of rotatable bonds is 11. The van der Waals surface area contributed by atoms with Crippen molar-refractivity contribution in [3.05, 3.63) is 96.1 Å². The van der Waals surface area contributed by atoms with Gasteiger partial charge in [0.1, 0.15) is 35.3 Å². The highest BCUT2D eigenvalue weighted by molar-refractivity contribution is 8.11. The van der Waals surface area contributed by atoms with Crippen LogP contribution < -0.4 is 36.1 Å². The molecule has 4 heterocycles. The molecule has 4 amide bonds. The topological polar surface area (TPSA) is 217 Å². The number of hydrogen-bond donors (Lipinski definition) is 5. The standard InChI is InChI=1S/C19H24FN5O4S.C17H19FN4O2.C2H6ClNO2S.2CH4/c1-13-4-5-15(11-21-13)22-19(26)23-16-8-14(20)9-18(10-16)29-17-6-7-25(12-17)30(27,28)24(2)3;1-11-2-3-13(9-20-11)21-17(23)22-14-6-12(18)7-16(8-14)24-15-4-5-19-10-15;1-4(2)7(3,5)6;;/h4-5,8-11,17H,6-7,12H2,1-3H3,(H2,22,23,26);2-3,6-9,15,19H,4-5,10H2,1H3,(H2,21,22,23);1-2H3;2*1H4/t17-;15-;;;/m11.../s1. The number of urea groups is 2. The van der Waals surface area contributed by atoms with Gasteiger partial charge in [-0.2, -0.15) is 29.8 Å². The van der Waals surface area contributed by atoms with Crippen LogP contribution in [0.15, 0.2) is 73.1 Å². The quantitative estimate of drug-likeness (QED) is 0.100. The van der Waals surface area contributed by atoms with Crippen molar-refractivity contribution in [1.82, 2.24) is 28.2 Å². The second-order valence-electron chi connectivity index (χ2n) is 14.0. The van der Waals surface area contributed by atoms with E-state index >= 15 is 0 Å². The monoisotopic (exact) mass is 942 g/mol. The third kappa shape index (κ3) is 18.2. The van der Waals surface area contributed by atoms with Crippen LogP contribution in [0, 0.1) is 25.5 Å². The molecule has 0 bridgehead atoms. The van der Waals surface area contributed by atoms with E-state index in [0.29, 0.717) is 35.8 Å². The van der Waals surface area contributed by atoms with Gasteiger partial charge < -0.3 is 36.1 Å². The van der Waals surface area contributed by atoms with Gasteiger partial charge in [0.05, 0.1) is 30.3 Å². The molecule has 0 spiro atoms. The second-order valence-corrected chi connectivity index (χ2v) is 18.9. The first kappa shape index (κ1) is 53.9. The molecule has 2 aromatic carbocycles. The minimum Gasteiger partial charge on any atom is -0.489 e. The number of aromatic nitrogens is 2. The normalized spacial score (nSPS) is 15.9. The summed E-state index contributed by atoms with van der Waals surface area (Å²) in [5.74, 6) is -0.450. The number of benzene rings is 2. The fourth-order valence-electron chi connectivity index (χ4n) is 5.42. The molecule has 2 atom stereocenters. The Bertz CT molecular complexity index is 2330. The molecule has 6 rings (SSSR count). The maximum atomic E-state index is 14.0. The van der Waals surface area contributed by atoms with E-state index in [1.165, 1.54) is 63.0 Å². The summed E-state index contributed by atoms with van der Waals surface area (Å²) >= 11 is 0. The first-order chi connectivity index (χ1) is 28.7. The molecule has 18 nitrogen and oxygen atoms in total. The highest BCUT2D eigenvalue weighted by atomic mass is 35.7. The number of carbonyl (C=O) groups is 2. The number of amides is 4. The Morgan fingerprint density at radius 3 is 1.54 bits per heavy atom. The van der Waals surface area contributed by atoms with Crippen molar-refractivity contribution in [1.29, 1.82) is 0 Å². The van der Waals surface area contributed by atoms with E-state index in [0.717, 1.165) is 45.6 Å². The molecule has 2 fully saturated rings. The Morgan fingerprint density at radius 1 is 0.714 bits per heavy atom. The third-order valence-corrected chi connectivity index (χ3v) is 12.2. The summed E-state index contributed by atoms with van der Waals surface area (Å²) in [5, 5.41) is 13.6. The van der Waals surface area contributed by atoms with Crippen LogP contribution >= 0.6 is 10.7 Å². The Morgan fingerprint density at radius 2 is 1.16 bits per heavy atom. The van der Waals surface area contributed by atoms with E-state index in [1.54, 1.807) is 36.5 Å². The van der Waals surface area contributed by atoms with E-state index < -0.39 is 49.2 Å². The van der Waals surface area contributed by atoms with Crippen molar-refractivity contribution in [3.8, 4) is 11.5 Å². The first-order valence-corrected chi connectivity index (χ1v) is 22.3. The number of hydrogen-bond acceptors (Lipinski definition) is 11. The van der Waals surface area contributed by atoms with Crippen molar-refractivity contribution < 1.29 is 44.7 Å². The Hall–Kier alpha value is -5.23. The molecule has 63 heavy (non-hydrogen) atoms. The predicted octanol–water partition coefficient (Wildman–Crippen LogP) is 6.65. The summed E-state index contributed by atoms with van der Waals surface area (Å²) in [6.45, 7) is 5.80. The highest BCUT2D eigenvalue weighted by Crippen LogP contribution is 2.26. The molecule has 2 aliphatic rings. The SMILES string of the molecule is C.C.CN(C)S(=O)(=O)Cl.Cc1ccc(NC(=O)Nc2cc(F)cc(O[C@@H]3CCN(S(=O)(=O)N(C)C)C3)c2)cn1.Cc1ccc(NC(=O)Nc2cc(F)cc(O[C@@H]3CCNC3)c2)cn1. The summed E-state index contributed by atoms with van der Waals surface area (Å²) in [4.78, 5) is 32.4. The summed E-state index contributed by atoms with van der Waals surface area (Å²) in [5.41, 5.74) is 3.26. The molecule has 4 aromatic rings. The van der Waals surface area contributed by atoms with Crippen LogP contribution in [0.4, 0.5) is 41.1 Å². The van der Waals surface area contributed by atoms with Crippen LogP contribution in [0.1, 0.15) is 39.1 Å². The van der Waals surface area contributed by atoms with E-state index in [9.17, 15) is 35.2 Å². The second kappa shape index (κ2) is 24.6. The van der Waals surface area contributed by atoms with Crippen LogP contribution in [0.25, 0.3) is 0 Å². The Kier molecular flexibility index (Phi) is 21.0. The average Bonchev–Trinajstić information content (AvgIpc) is 3.86. The van der Waals surface area contributed by atoms with Crippen LogP contribution in [-0.4, -0.2) is 118 Å². The molecule has 0 saturated carbocycles. The van der Waals surface area contributed by atoms with Crippen molar-refractivity contribution in [2.45, 2.75) is 53.8 Å². The molecule has 2 aliphatic heterocycles. The Labute approximate surface area is 373 Å². The predicted molar refractivity (Wildman–Crippen MR) is 243 cm³/mol. The van der Waals surface area contributed by atoms with Gasteiger partial charge in [0.2, 0.25) is 0 Å². The average molecular weight is 944 g/mol. The zero-order valence-electron chi connectivity index (χ0n) is 34.3. The maximum Gasteiger partial charge on any atom is 0.323 e. The lowest BCUT2D eigenvalue weighted by Gasteiger charge is -2.21. The van der Waals surface area contributed by atoms with Gasteiger partial charge in [-0.25, -0.2) is 18.4 Å². The molecule has 23 heteroatoms. The molecular formula is C40H57ClF2N10O8S2. The number of anilines is 4. The lowest BCUT2D eigenvalue weighted by Crippen LogP contribution is -2.39. The van der Waals surface area contributed by atoms with E-state index in [1.807, 2.05) is 13.8 Å². The van der Waals surface area contributed by atoms with Crippen molar-refractivity contribution in [2.75, 3.05) is 75.6 Å². The van der Waals surface area contributed by atoms with Crippen LogP contribution in [0.3, 0.4) is 0 Å². The van der Waals surface area contributed by atoms with Gasteiger partial charge >= 0.3 is 12.1 Å². The number of halogens is 3. The van der Waals surface area contributed by atoms with Crippen LogP contribution in [0.5, 0.6) is 11.5 Å². The number of nitrogens with one attached hydrogen (secondary N) is 5. The molecular weight excluding hydrogens is 886 g/mol. The minimum absolute atomic E-state index is 0. The molecule has 2 saturated heterocycles. The molecule has 348 valence electrons. The van der Waals surface area contributed by atoms with Gasteiger partial charge in [-0.1, -0.05) is 14.9 Å². The van der Waals surface area contributed by atoms with Gasteiger partial charge in [-0.3, -0.25) is 9.97 Å². The number of pyridine rings is 2.